The maximum atomic E-state index is 12.9. The smallest absolute Gasteiger partial charge is 0.145 e. The van der Waals surface area contributed by atoms with Gasteiger partial charge in [0.05, 0.1) is 20.1 Å². The number of rotatable bonds is 7. The fraction of sp³-hybridized carbons (Fsp3) is 0.611. The molecule has 0 bridgehead atoms. The van der Waals surface area contributed by atoms with Gasteiger partial charge in [0.15, 0.2) is 0 Å². The topological polar surface area (TPSA) is 35.5 Å². The van der Waals surface area contributed by atoms with E-state index in [4.69, 9.17) is 9.47 Å². The van der Waals surface area contributed by atoms with Crippen molar-refractivity contribution in [1.29, 1.82) is 0 Å². The summed E-state index contributed by atoms with van der Waals surface area (Å²) in [5, 5.41) is 0. The van der Waals surface area contributed by atoms with E-state index < -0.39 is 0 Å². The van der Waals surface area contributed by atoms with Gasteiger partial charge in [0.25, 0.3) is 0 Å². The Morgan fingerprint density at radius 1 is 1.14 bits per heavy atom. The lowest BCUT2D eigenvalue weighted by Gasteiger charge is -2.27. The molecule has 1 rings (SSSR count). The molecule has 0 aliphatic carbocycles. The van der Waals surface area contributed by atoms with Crippen molar-refractivity contribution in [1.82, 2.24) is 0 Å². The zero-order valence-electron chi connectivity index (χ0n) is 14.2. The molecule has 3 nitrogen and oxygen atoms in total. The van der Waals surface area contributed by atoms with Crippen molar-refractivity contribution in [2.75, 3.05) is 14.2 Å². The Labute approximate surface area is 128 Å². The van der Waals surface area contributed by atoms with Crippen LogP contribution in [-0.4, -0.2) is 20.0 Å². The summed E-state index contributed by atoms with van der Waals surface area (Å²) < 4.78 is 11.0. The maximum Gasteiger partial charge on any atom is 0.145 e. The highest BCUT2D eigenvalue weighted by Gasteiger charge is 2.33. The molecule has 0 amide bonds. The van der Waals surface area contributed by atoms with E-state index in [9.17, 15) is 4.79 Å². The van der Waals surface area contributed by atoms with Crippen LogP contribution in [0.3, 0.4) is 0 Å². The molecule has 0 radical (unpaired) electrons. The number of unbranched alkanes of at least 4 members (excludes halogenated alkanes) is 1. The molecule has 0 fully saturated rings. The quantitative estimate of drug-likeness (QED) is 0.737. The first kappa shape index (κ1) is 17.5. The average Bonchev–Trinajstić information content (AvgIpc) is 2.46. The molecular formula is C18H28O3. The first-order chi connectivity index (χ1) is 9.86. The first-order valence-electron chi connectivity index (χ1n) is 7.62. The molecule has 0 aliphatic rings. The van der Waals surface area contributed by atoms with Gasteiger partial charge < -0.3 is 9.47 Å². The number of hydrogen-bond acceptors (Lipinski definition) is 3. The molecule has 0 aromatic heterocycles. The van der Waals surface area contributed by atoms with E-state index >= 15 is 0 Å². The van der Waals surface area contributed by atoms with Crippen LogP contribution in [0, 0.1) is 5.41 Å². The zero-order chi connectivity index (χ0) is 16.0. The van der Waals surface area contributed by atoms with Gasteiger partial charge in [0.2, 0.25) is 0 Å². The van der Waals surface area contributed by atoms with Crippen LogP contribution in [0.5, 0.6) is 11.5 Å². The molecule has 1 atom stereocenters. The fourth-order valence-electron chi connectivity index (χ4n) is 2.56. The van der Waals surface area contributed by atoms with E-state index in [1.807, 2.05) is 39.0 Å². The van der Waals surface area contributed by atoms with Gasteiger partial charge >= 0.3 is 0 Å². The van der Waals surface area contributed by atoms with Gasteiger partial charge in [-0.1, -0.05) is 46.6 Å². The molecule has 3 heteroatoms. The number of carbonyl (C=O) groups is 1. The molecule has 0 saturated carbocycles. The predicted octanol–water partition coefficient (Wildman–Crippen LogP) is 4.59. The number of Topliss-reactive ketones (excluding diaryl/α,β-unsaturated/α-hetero) is 1. The lowest BCUT2D eigenvalue weighted by atomic mass is 9.77. The molecule has 21 heavy (non-hydrogen) atoms. The number of ketones is 1. The van der Waals surface area contributed by atoms with Crippen molar-refractivity contribution in [2.45, 2.75) is 52.9 Å². The van der Waals surface area contributed by atoms with E-state index in [0.29, 0.717) is 0 Å². The summed E-state index contributed by atoms with van der Waals surface area (Å²) in [7, 11) is 3.27. The summed E-state index contributed by atoms with van der Waals surface area (Å²) in [4.78, 5) is 12.9. The molecule has 118 valence electrons. The van der Waals surface area contributed by atoms with Crippen molar-refractivity contribution in [3.8, 4) is 11.5 Å². The lowest BCUT2D eigenvalue weighted by Crippen LogP contribution is -2.27. The van der Waals surface area contributed by atoms with Crippen LogP contribution >= 0.6 is 0 Å². The lowest BCUT2D eigenvalue weighted by molar-refractivity contribution is -0.128. The molecule has 0 aliphatic heterocycles. The summed E-state index contributed by atoms with van der Waals surface area (Å²) in [6.45, 7) is 8.04. The van der Waals surface area contributed by atoms with Crippen LogP contribution in [0.25, 0.3) is 0 Å². The number of carbonyl (C=O) groups excluding carboxylic acids is 1. The molecule has 1 aromatic rings. The highest BCUT2D eigenvalue weighted by Crippen LogP contribution is 2.41. The van der Waals surface area contributed by atoms with Crippen molar-refractivity contribution in [3.63, 3.8) is 0 Å². The summed E-state index contributed by atoms with van der Waals surface area (Å²) in [6.07, 6.45) is 2.89. The van der Waals surface area contributed by atoms with Gasteiger partial charge in [-0.2, -0.15) is 0 Å². The molecule has 1 unspecified atom stereocenters. The Bertz CT molecular complexity index is 450. The minimum atomic E-state index is -0.385. The Morgan fingerprint density at radius 2 is 1.67 bits per heavy atom. The van der Waals surface area contributed by atoms with Gasteiger partial charge in [-0.3, -0.25) is 4.79 Å². The van der Waals surface area contributed by atoms with Crippen LogP contribution in [0.4, 0.5) is 0 Å². The minimum Gasteiger partial charge on any atom is -0.496 e. The summed E-state index contributed by atoms with van der Waals surface area (Å²) in [5.74, 6) is 1.51. The van der Waals surface area contributed by atoms with E-state index in [2.05, 4.69) is 6.92 Å². The van der Waals surface area contributed by atoms with E-state index in [1.165, 1.54) is 0 Å². The highest BCUT2D eigenvalue weighted by molar-refractivity contribution is 5.91. The van der Waals surface area contributed by atoms with Crippen molar-refractivity contribution >= 4 is 5.78 Å². The number of methoxy groups -OCH3 is 2. The highest BCUT2D eigenvalue weighted by atomic mass is 16.5. The van der Waals surface area contributed by atoms with Crippen molar-refractivity contribution in [2.24, 2.45) is 5.41 Å². The van der Waals surface area contributed by atoms with Gasteiger partial charge in [-0.05, 0) is 18.6 Å². The van der Waals surface area contributed by atoms with Crippen molar-refractivity contribution in [3.05, 3.63) is 23.8 Å². The van der Waals surface area contributed by atoms with Gasteiger partial charge in [0, 0.05) is 11.0 Å². The number of benzene rings is 1. The van der Waals surface area contributed by atoms with E-state index in [-0.39, 0.29) is 17.1 Å². The van der Waals surface area contributed by atoms with Crippen LogP contribution in [0.15, 0.2) is 18.2 Å². The Kier molecular flexibility index (Phi) is 6.25. The summed E-state index contributed by atoms with van der Waals surface area (Å²) in [6, 6.07) is 5.68. The number of ether oxygens (including phenoxy) is 2. The normalized spacial score (nSPS) is 12.9. The van der Waals surface area contributed by atoms with Crippen LogP contribution in [-0.2, 0) is 4.79 Å². The monoisotopic (exact) mass is 292 g/mol. The summed E-state index contributed by atoms with van der Waals surface area (Å²) >= 11 is 0. The molecule has 0 spiro atoms. The molecule has 0 saturated heterocycles. The van der Waals surface area contributed by atoms with Crippen LogP contribution in [0.2, 0.25) is 0 Å². The second-order valence-corrected chi connectivity index (χ2v) is 6.39. The minimum absolute atomic E-state index is 0.184. The second kappa shape index (κ2) is 7.48. The second-order valence-electron chi connectivity index (χ2n) is 6.39. The average molecular weight is 292 g/mol. The van der Waals surface area contributed by atoms with Crippen LogP contribution < -0.4 is 9.47 Å². The predicted molar refractivity (Wildman–Crippen MR) is 86.3 cm³/mol. The Balaban J connectivity index is 3.35. The fourth-order valence-corrected chi connectivity index (χ4v) is 2.56. The van der Waals surface area contributed by atoms with Crippen LogP contribution in [0.1, 0.15) is 58.4 Å². The van der Waals surface area contributed by atoms with Gasteiger partial charge in [0.1, 0.15) is 17.3 Å². The SMILES string of the molecule is CCCCC(C(=O)C(C)(C)C)c1c(OC)cccc1OC. The zero-order valence-corrected chi connectivity index (χ0v) is 14.2. The largest absolute Gasteiger partial charge is 0.496 e. The molecule has 0 N–H and O–H groups in total. The molecule has 1 aromatic carbocycles. The molecule has 0 heterocycles. The van der Waals surface area contributed by atoms with E-state index in [1.54, 1.807) is 14.2 Å². The third kappa shape index (κ3) is 4.23. The standard InChI is InChI=1S/C18H28O3/c1-7-8-10-13(17(19)18(2,3)4)16-14(20-5)11-9-12-15(16)21-6/h9,11-13H,7-8,10H2,1-6H3. The summed E-state index contributed by atoms with van der Waals surface area (Å²) in [5.41, 5.74) is 0.500. The van der Waals surface area contributed by atoms with Gasteiger partial charge in [-0.25, -0.2) is 0 Å². The van der Waals surface area contributed by atoms with Gasteiger partial charge in [-0.15, -0.1) is 0 Å². The maximum absolute atomic E-state index is 12.9. The van der Waals surface area contributed by atoms with Crippen molar-refractivity contribution < 1.29 is 14.3 Å². The third-order valence-electron chi connectivity index (χ3n) is 3.72. The molecular weight excluding hydrogens is 264 g/mol. The Hall–Kier alpha value is -1.51. The first-order valence-corrected chi connectivity index (χ1v) is 7.62. The third-order valence-corrected chi connectivity index (χ3v) is 3.72. The Morgan fingerprint density at radius 3 is 2.05 bits per heavy atom. The van der Waals surface area contributed by atoms with E-state index in [0.717, 1.165) is 36.3 Å². The number of hydrogen-bond donors (Lipinski definition) is 0.